The first-order valence-corrected chi connectivity index (χ1v) is 6.01. The molecule has 4 nitrogen and oxygen atoms in total. The Kier molecular flexibility index (Phi) is 3.90. The van der Waals surface area contributed by atoms with Crippen molar-refractivity contribution in [2.24, 2.45) is 5.92 Å². The Balaban J connectivity index is 2.52. The van der Waals surface area contributed by atoms with Gasteiger partial charge in [-0.05, 0) is 24.1 Å². The van der Waals surface area contributed by atoms with Crippen LogP contribution in [0, 0.1) is 17.6 Å². The molecule has 0 spiro atoms. The van der Waals surface area contributed by atoms with Crippen molar-refractivity contribution in [2.75, 3.05) is 0 Å². The SMILES string of the molecule is CC(C)Cn1nnc(CO)c1-c1ccc(F)c(F)c1. The van der Waals surface area contributed by atoms with E-state index in [0.29, 0.717) is 29.4 Å². The van der Waals surface area contributed by atoms with Gasteiger partial charge in [0, 0.05) is 12.1 Å². The first-order valence-electron chi connectivity index (χ1n) is 6.01. The molecule has 0 aliphatic carbocycles. The van der Waals surface area contributed by atoms with E-state index in [0.717, 1.165) is 12.1 Å². The first-order chi connectivity index (χ1) is 9.02. The van der Waals surface area contributed by atoms with E-state index in [1.807, 2.05) is 13.8 Å². The molecule has 6 heteroatoms. The Morgan fingerprint density at radius 1 is 1.26 bits per heavy atom. The number of hydrogen-bond donors (Lipinski definition) is 1. The van der Waals surface area contributed by atoms with E-state index in [4.69, 9.17) is 0 Å². The average Bonchev–Trinajstić information content (AvgIpc) is 2.74. The highest BCUT2D eigenvalue weighted by Crippen LogP contribution is 2.24. The monoisotopic (exact) mass is 267 g/mol. The molecule has 1 aromatic heterocycles. The summed E-state index contributed by atoms with van der Waals surface area (Å²) < 4.78 is 27.9. The second-order valence-corrected chi connectivity index (χ2v) is 4.75. The number of rotatable bonds is 4. The number of hydrogen-bond acceptors (Lipinski definition) is 3. The van der Waals surface area contributed by atoms with Crippen molar-refractivity contribution in [1.29, 1.82) is 0 Å². The van der Waals surface area contributed by atoms with Crippen molar-refractivity contribution < 1.29 is 13.9 Å². The van der Waals surface area contributed by atoms with E-state index in [2.05, 4.69) is 10.3 Å². The predicted molar refractivity (Wildman–Crippen MR) is 66.1 cm³/mol. The molecule has 0 atom stereocenters. The molecular weight excluding hydrogens is 252 g/mol. The summed E-state index contributed by atoms with van der Waals surface area (Å²) in [6.45, 7) is 4.30. The van der Waals surface area contributed by atoms with Gasteiger partial charge < -0.3 is 5.11 Å². The summed E-state index contributed by atoms with van der Waals surface area (Å²) in [6.07, 6.45) is 0. The Morgan fingerprint density at radius 2 is 2.00 bits per heavy atom. The first kappa shape index (κ1) is 13.6. The van der Waals surface area contributed by atoms with Gasteiger partial charge in [0.25, 0.3) is 0 Å². The number of aliphatic hydroxyl groups is 1. The predicted octanol–water partition coefficient (Wildman–Crippen LogP) is 2.37. The fraction of sp³-hybridized carbons (Fsp3) is 0.385. The van der Waals surface area contributed by atoms with Gasteiger partial charge in [0.2, 0.25) is 0 Å². The lowest BCUT2D eigenvalue weighted by Gasteiger charge is -2.10. The molecule has 0 saturated carbocycles. The fourth-order valence-electron chi connectivity index (χ4n) is 1.89. The lowest BCUT2D eigenvalue weighted by atomic mass is 10.1. The quantitative estimate of drug-likeness (QED) is 0.925. The van der Waals surface area contributed by atoms with Gasteiger partial charge in [-0.2, -0.15) is 0 Å². The third-order valence-corrected chi connectivity index (χ3v) is 2.69. The molecule has 0 fully saturated rings. The molecule has 0 radical (unpaired) electrons. The van der Waals surface area contributed by atoms with Crippen LogP contribution < -0.4 is 0 Å². The summed E-state index contributed by atoms with van der Waals surface area (Å²) in [4.78, 5) is 0. The summed E-state index contributed by atoms with van der Waals surface area (Å²) in [5.41, 5.74) is 1.33. The molecule has 0 aliphatic heterocycles. The van der Waals surface area contributed by atoms with Crippen LogP contribution in [0.5, 0.6) is 0 Å². The summed E-state index contributed by atoms with van der Waals surface area (Å²) >= 11 is 0. The number of aliphatic hydroxyl groups excluding tert-OH is 1. The van der Waals surface area contributed by atoms with E-state index < -0.39 is 11.6 Å². The van der Waals surface area contributed by atoms with Gasteiger partial charge in [0.05, 0.1) is 12.3 Å². The number of nitrogens with zero attached hydrogens (tertiary/aromatic N) is 3. The maximum Gasteiger partial charge on any atom is 0.159 e. The Bertz CT molecular complexity index is 581. The molecule has 19 heavy (non-hydrogen) atoms. The zero-order valence-electron chi connectivity index (χ0n) is 10.8. The van der Waals surface area contributed by atoms with Crippen molar-refractivity contribution in [3.8, 4) is 11.3 Å². The summed E-state index contributed by atoms with van der Waals surface area (Å²) in [7, 11) is 0. The topological polar surface area (TPSA) is 50.9 Å². The van der Waals surface area contributed by atoms with Crippen LogP contribution in [0.3, 0.4) is 0 Å². The smallest absolute Gasteiger partial charge is 0.159 e. The number of benzene rings is 1. The third kappa shape index (κ3) is 2.78. The second-order valence-electron chi connectivity index (χ2n) is 4.75. The lowest BCUT2D eigenvalue weighted by molar-refractivity contribution is 0.277. The Hall–Kier alpha value is -1.82. The lowest BCUT2D eigenvalue weighted by Crippen LogP contribution is -2.08. The van der Waals surface area contributed by atoms with E-state index in [9.17, 15) is 13.9 Å². The second kappa shape index (κ2) is 5.44. The zero-order chi connectivity index (χ0) is 14.0. The minimum absolute atomic E-state index is 0.299. The molecular formula is C13H15F2N3O. The van der Waals surface area contributed by atoms with Crippen LogP contribution in [-0.4, -0.2) is 20.1 Å². The molecule has 2 aromatic rings. The number of halogens is 2. The highest BCUT2D eigenvalue weighted by molar-refractivity contribution is 5.61. The molecule has 1 N–H and O–H groups in total. The maximum atomic E-state index is 13.3. The molecule has 1 aromatic carbocycles. The Labute approximate surface area is 109 Å². The fourth-order valence-corrected chi connectivity index (χ4v) is 1.89. The van der Waals surface area contributed by atoms with E-state index >= 15 is 0 Å². The van der Waals surface area contributed by atoms with Crippen LogP contribution in [-0.2, 0) is 13.2 Å². The van der Waals surface area contributed by atoms with Gasteiger partial charge in [-0.3, -0.25) is 0 Å². The summed E-state index contributed by atoms with van der Waals surface area (Å²) in [6, 6.07) is 3.59. The average molecular weight is 267 g/mol. The maximum absolute atomic E-state index is 13.3. The van der Waals surface area contributed by atoms with Gasteiger partial charge in [0.15, 0.2) is 11.6 Å². The van der Waals surface area contributed by atoms with Crippen LogP contribution >= 0.6 is 0 Å². The molecule has 102 valence electrons. The van der Waals surface area contributed by atoms with Crippen molar-refractivity contribution in [1.82, 2.24) is 15.0 Å². The molecule has 0 aliphatic rings. The standard InChI is InChI=1S/C13H15F2N3O/c1-8(2)6-18-13(12(7-19)16-17-18)9-3-4-10(14)11(15)5-9/h3-5,8,19H,6-7H2,1-2H3. The van der Waals surface area contributed by atoms with Crippen molar-refractivity contribution in [3.63, 3.8) is 0 Å². The minimum Gasteiger partial charge on any atom is -0.390 e. The van der Waals surface area contributed by atoms with Gasteiger partial charge in [-0.15, -0.1) is 5.10 Å². The Morgan fingerprint density at radius 3 is 2.58 bits per heavy atom. The highest BCUT2D eigenvalue weighted by atomic mass is 19.2. The molecule has 0 bridgehead atoms. The molecule has 0 amide bonds. The van der Waals surface area contributed by atoms with Gasteiger partial charge in [0.1, 0.15) is 5.69 Å². The van der Waals surface area contributed by atoms with Crippen LogP contribution in [0.15, 0.2) is 18.2 Å². The molecule has 2 rings (SSSR count). The van der Waals surface area contributed by atoms with Crippen LogP contribution in [0.4, 0.5) is 8.78 Å². The van der Waals surface area contributed by atoms with Crippen LogP contribution in [0.25, 0.3) is 11.3 Å². The normalized spacial score (nSPS) is 11.3. The largest absolute Gasteiger partial charge is 0.390 e. The van der Waals surface area contributed by atoms with E-state index in [1.54, 1.807) is 4.68 Å². The summed E-state index contributed by atoms with van der Waals surface area (Å²) in [5, 5.41) is 17.1. The highest BCUT2D eigenvalue weighted by Gasteiger charge is 2.16. The van der Waals surface area contributed by atoms with Crippen LogP contribution in [0.2, 0.25) is 0 Å². The van der Waals surface area contributed by atoms with Crippen molar-refractivity contribution in [2.45, 2.75) is 27.0 Å². The van der Waals surface area contributed by atoms with Gasteiger partial charge in [-0.25, -0.2) is 13.5 Å². The summed E-state index contributed by atoms with van der Waals surface area (Å²) in [5.74, 6) is -1.52. The third-order valence-electron chi connectivity index (χ3n) is 2.69. The van der Waals surface area contributed by atoms with Crippen LogP contribution in [0.1, 0.15) is 19.5 Å². The number of aromatic nitrogens is 3. The van der Waals surface area contributed by atoms with Gasteiger partial charge >= 0.3 is 0 Å². The van der Waals surface area contributed by atoms with Gasteiger partial charge in [-0.1, -0.05) is 19.1 Å². The van der Waals surface area contributed by atoms with Crippen molar-refractivity contribution in [3.05, 3.63) is 35.5 Å². The molecule has 1 heterocycles. The zero-order valence-corrected chi connectivity index (χ0v) is 10.8. The van der Waals surface area contributed by atoms with Crippen molar-refractivity contribution >= 4 is 0 Å². The molecule has 0 saturated heterocycles. The minimum atomic E-state index is -0.932. The molecule has 0 unspecified atom stereocenters. The van der Waals surface area contributed by atoms with E-state index in [-0.39, 0.29) is 6.61 Å². The van der Waals surface area contributed by atoms with E-state index in [1.165, 1.54) is 6.07 Å².